The average Bonchev–Trinajstić information content (AvgIpc) is 2.84. The van der Waals surface area contributed by atoms with Gasteiger partial charge < -0.3 is 5.73 Å². The lowest BCUT2D eigenvalue weighted by Gasteiger charge is -2.12. The number of nitrogens with two attached hydrogens (primary N) is 1. The summed E-state index contributed by atoms with van der Waals surface area (Å²) in [5, 5.41) is 1.09. The maximum atomic E-state index is 11.3. The molecule has 0 aliphatic heterocycles. The Labute approximate surface area is 92.0 Å². The topological polar surface area (TPSA) is 43.1 Å². The van der Waals surface area contributed by atoms with E-state index in [4.69, 9.17) is 28.9 Å². The Morgan fingerprint density at radius 1 is 1.36 bits per heavy atom. The molecular formula is C10H9Cl2NO. The summed E-state index contributed by atoms with van der Waals surface area (Å²) in [6.45, 7) is 0. The lowest BCUT2D eigenvalue weighted by molar-refractivity contribution is -0.120. The molecule has 2 rings (SSSR count). The normalized spacial score (nSPS) is 17.9. The third-order valence-corrected chi connectivity index (χ3v) is 3.22. The van der Waals surface area contributed by atoms with Gasteiger partial charge in [0, 0.05) is 10.0 Å². The van der Waals surface area contributed by atoms with Crippen molar-refractivity contribution in [3.8, 4) is 0 Å². The second-order valence-corrected chi connectivity index (χ2v) is 4.41. The van der Waals surface area contributed by atoms with Gasteiger partial charge in [-0.3, -0.25) is 4.79 Å². The van der Waals surface area contributed by atoms with E-state index in [1.807, 2.05) is 0 Å². The van der Waals surface area contributed by atoms with Crippen molar-refractivity contribution in [3.63, 3.8) is 0 Å². The van der Waals surface area contributed by atoms with Crippen molar-refractivity contribution in [2.75, 3.05) is 0 Å². The van der Waals surface area contributed by atoms with Gasteiger partial charge in [-0.25, -0.2) is 0 Å². The molecule has 4 heteroatoms. The number of amides is 1. The second-order valence-electron chi connectivity index (χ2n) is 3.57. The van der Waals surface area contributed by atoms with Crippen LogP contribution in [0.3, 0.4) is 0 Å². The van der Waals surface area contributed by atoms with Crippen LogP contribution in [-0.4, -0.2) is 5.91 Å². The summed E-state index contributed by atoms with van der Waals surface area (Å²) in [4.78, 5) is 11.3. The fourth-order valence-corrected chi connectivity index (χ4v) is 2.24. The smallest absolute Gasteiger partial charge is 0.228 e. The minimum Gasteiger partial charge on any atom is -0.369 e. The number of carbonyl (C=O) groups excluding carboxylic acids is 1. The van der Waals surface area contributed by atoms with Crippen molar-refractivity contribution in [1.82, 2.24) is 0 Å². The van der Waals surface area contributed by atoms with Crippen LogP contribution in [0.2, 0.25) is 10.0 Å². The molecule has 1 amide bonds. The first-order valence-electron chi connectivity index (χ1n) is 4.32. The zero-order valence-electron chi connectivity index (χ0n) is 7.39. The molecule has 1 aliphatic rings. The predicted octanol–water partition coefficient (Wildman–Crippen LogP) is 2.51. The van der Waals surface area contributed by atoms with Crippen molar-refractivity contribution in [2.45, 2.75) is 18.3 Å². The van der Waals surface area contributed by atoms with E-state index in [0.29, 0.717) is 10.0 Å². The highest BCUT2D eigenvalue weighted by Gasteiger charge is 2.51. The van der Waals surface area contributed by atoms with Gasteiger partial charge >= 0.3 is 0 Å². The van der Waals surface area contributed by atoms with E-state index in [0.717, 1.165) is 18.4 Å². The summed E-state index contributed by atoms with van der Waals surface area (Å²) in [6, 6.07) is 5.15. The third-order valence-electron chi connectivity index (χ3n) is 2.67. The Hall–Kier alpha value is -0.730. The van der Waals surface area contributed by atoms with Gasteiger partial charge in [0.1, 0.15) is 0 Å². The lowest BCUT2D eigenvalue weighted by Crippen LogP contribution is -2.28. The maximum absolute atomic E-state index is 11.3. The number of carbonyl (C=O) groups is 1. The minimum absolute atomic E-state index is 0.304. The summed E-state index contributed by atoms with van der Waals surface area (Å²) in [6.07, 6.45) is 1.56. The van der Waals surface area contributed by atoms with Gasteiger partial charge in [0.05, 0.1) is 5.41 Å². The fraction of sp³-hybridized carbons (Fsp3) is 0.300. The molecule has 0 heterocycles. The van der Waals surface area contributed by atoms with E-state index >= 15 is 0 Å². The van der Waals surface area contributed by atoms with Crippen molar-refractivity contribution in [3.05, 3.63) is 33.8 Å². The zero-order chi connectivity index (χ0) is 10.3. The Balaban J connectivity index is 2.47. The van der Waals surface area contributed by atoms with E-state index in [9.17, 15) is 4.79 Å². The van der Waals surface area contributed by atoms with Gasteiger partial charge in [-0.05, 0) is 30.5 Å². The summed E-state index contributed by atoms with van der Waals surface area (Å²) in [5.74, 6) is -0.304. The Bertz CT molecular complexity index is 399. The number of halogens is 2. The summed E-state index contributed by atoms with van der Waals surface area (Å²) >= 11 is 11.8. The SMILES string of the molecule is NC(=O)C1(c2ccc(Cl)cc2Cl)CC1. The van der Waals surface area contributed by atoms with Crippen LogP contribution in [0, 0.1) is 0 Å². The Kier molecular flexibility index (Phi) is 2.20. The fourth-order valence-electron chi connectivity index (χ4n) is 1.65. The van der Waals surface area contributed by atoms with Crippen LogP contribution in [-0.2, 0) is 10.2 Å². The van der Waals surface area contributed by atoms with E-state index < -0.39 is 5.41 Å². The molecule has 2 nitrogen and oxygen atoms in total. The lowest BCUT2D eigenvalue weighted by atomic mass is 9.95. The quantitative estimate of drug-likeness (QED) is 0.833. The van der Waals surface area contributed by atoms with Crippen LogP contribution in [0.4, 0.5) is 0 Å². The highest BCUT2D eigenvalue weighted by molar-refractivity contribution is 6.35. The summed E-state index contributed by atoms with van der Waals surface area (Å²) in [5.41, 5.74) is 5.62. The highest BCUT2D eigenvalue weighted by atomic mass is 35.5. The van der Waals surface area contributed by atoms with E-state index in [-0.39, 0.29) is 5.91 Å². The highest BCUT2D eigenvalue weighted by Crippen LogP contribution is 2.50. The van der Waals surface area contributed by atoms with E-state index in [2.05, 4.69) is 0 Å². The Morgan fingerprint density at radius 2 is 2.00 bits per heavy atom. The molecule has 0 unspecified atom stereocenters. The first-order chi connectivity index (χ1) is 6.56. The molecule has 0 radical (unpaired) electrons. The molecule has 14 heavy (non-hydrogen) atoms. The molecule has 1 saturated carbocycles. The van der Waals surface area contributed by atoms with Crippen molar-refractivity contribution in [1.29, 1.82) is 0 Å². The van der Waals surface area contributed by atoms with Crippen molar-refractivity contribution < 1.29 is 4.79 Å². The second kappa shape index (κ2) is 3.14. The van der Waals surface area contributed by atoms with E-state index in [1.165, 1.54) is 0 Å². The first kappa shape index (κ1) is 9.81. The van der Waals surface area contributed by atoms with Crippen LogP contribution < -0.4 is 5.73 Å². The van der Waals surface area contributed by atoms with Gasteiger partial charge in [0.25, 0.3) is 0 Å². The zero-order valence-corrected chi connectivity index (χ0v) is 8.90. The first-order valence-corrected chi connectivity index (χ1v) is 5.07. The molecule has 1 aromatic carbocycles. The number of hydrogen-bond acceptors (Lipinski definition) is 1. The Morgan fingerprint density at radius 3 is 2.43 bits per heavy atom. The average molecular weight is 230 g/mol. The van der Waals surface area contributed by atoms with Crippen LogP contribution in [0.1, 0.15) is 18.4 Å². The standard InChI is InChI=1S/C10H9Cl2NO/c11-6-1-2-7(8(12)5-6)10(3-4-10)9(13)14/h1-2,5H,3-4H2,(H2,13,14). The summed E-state index contributed by atoms with van der Waals surface area (Å²) in [7, 11) is 0. The molecule has 1 aromatic rings. The molecule has 74 valence electrons. The van der Waals surface area contributed by atoms with Crippen LogP contribution in [0.15, 0.2) is 18.2 Å². The number of hydrogen-bond donors (Lipinski definition) is 1. The van der Waals surface area contributed by atoms with Gasteiger partial charge in [0.2, 0.25) is 5.91 Å². The number of benzene rings is 1. The van der Waals surface area contributed by atoms with Gasteiger partial charge in [-0.15, -0.1) is 0 Å². The third kappa shape index (κ3) is 1.39. The van der Waals surface area contributed by atoms with Gasteiger partial charge in [-0.2, -0.15) is 0 Å². The van der Waals surface area contributed by atoms with Crippen LogP contribution in [0.25, 0.3) is 0 Å². The van der Waals surface area contributed by atoms with Gasteiger partial charge in [0.15, 0.2) is 0 Å². The van der Waals surface area contributed by atoms with E-state index in [1.54, 1.807) is 18.2 Å². The predicted molar refractivity (Wildman–Crippen MR) is 56.6 cm³/mol. The number of primary amides is 1. The van der Waals surface area contributed by atoms with Crippen molar-refractivity contribution in [2.24, 2.45) is 5.73 Å². The van der Waals surface area contributed by atoms with Crippen molar-refractivity contribution >= 4 is 29.1 Å². The monoisotopic (exact) mass is 229 g/mol. The largest absolute Gasteiger partial charge is 0.369 e. The molecule has 0 atom stereocenters. The molecule has 0 aromatic heterocycles. The van der Waals surface area contributed by atoms with Crippen LogP contribution in [0.5, 0.6) is 0 Å². The molecular weight excluding hydrogens is 221 g/mol. The van der Waals surface area contributed by atoms with Crippen LogP contribution >= 0.6 is 23.2 Å². The molecule has 0 spiro atoms. The molecule has 1 aliphatic carbocycles. The maximum Gasteiger partial charge on any atom is 0.228 e. The minimum atomic E-state index is -0.526. The molecule has 0 saturated heterocycles. The van der Waals surface area contributed by atoms with Gasteiger partial charge in [-0.1, -0.05) is 29.3 Å². The molecule has 0 bridgehead atoms. The number of rotatable bonds is 2. The summed E-state index contributed by atoms with van der Waals surface area (Å²) < 4.78 is 0. The molecule has 2 N–H and O–H groups in total. The molecule has 1 fully saturated rings.